The van der Waals surface area contributed by atoms with Crippen LogP contribution in [0.4, 0.5) is 5.82 Å². The van der Waals surface area contributed by atoms with E-state index in [9.17, 15) is 9.59 Å². The Balaban J connectivity index is 1.89. The van der Waals surface area contributed by atoms with Crippen LogP contribution in [0.1, 0.15) is 56.6 Å². The maximum absolute atomic E-state index is 13.2. The zero-order valence-electron chi connectivity index (χ0n) is 16.9. The fraction of sp³-hybridized carbons (Fsp3) is 0.409. The molecule has 152 valence electrons. The summed E-state index contributed by atoms with van der Waals surface area (Å²) in [5.41, 5.74) is 2.74. The van der Waals surface area contributed by atoms with E-state index in [1.807, 2.05) is 24.3 Å². The average molecular weight is 412 g/mol. The number of aromatic nitrogens is 2. The van der Waals surface area contributed by atoms with Gasteiger partial charge in [-0.15, -0.1) is 0 Å². The molecule has 0 saturated carbocycles. The van der Waals surface area contributed by atoms with Gasteiger partial charge in [0.2, 0.25) is 0 Å². The van der Waals surface area contributed by atoms with Crippen molar-refractivity contribution in [3.05, 3.63) is 57.0 Å². The summed E-state index contributed by atoms with van der Waals surface area (Å²) in [5.74, 6) is 0.903. The van der Waals surface area contributed by atoms with Crippen molar-refractivity contribution in [2.75, 3.05) is 12.4 Å². The molecule has 7 heteroatoms. The summed E-state index contributed by atoms with van der Waals surface area (Å²) >= 11 is 1.55. The van der Waals surface area contributed by atoms with Crippen LogP contribution in [0, 0.1) is 0 Å². The summed E-state index contributed by atoms with van der Waals surface area (Å²) in [6.07, 6.45) is 3.07. The minimum atomic E-state index is -0.442. The smallest absolute Gasteiger partial charge is 0.257 e. The SMILES string of the molecule is CCC(C)Sc1nc2c(c(=O)[nH]1)C(c1cccc(OC)c1)C1=C(CCCC1=O)N2. The van der Waals surface area contributed by atoms with E-state index >= 15 is 0 Å². The largest absolute Gasteiger partial charge is 0.497 e. The molecule has 0 amide bonds. The molecule has 1 aliphatic heterocycles. The molecule has 2 aliphatic rings. The summed E-state index contributed by atoms with van der Waals surface area (Å²) in [6.45, 7) is 4.22. The highest BCUT2D eigenvalue weighted by Gasteiger charge is 2.38. The Morgan fingerprint density at radius 1 is 1.31 bits per heavy atom. The number of nitrogens with one attached hydrogen (secondary N) is 2. The Hall–Kier alpha value is -2.54. The predicted octanol–water partition coefficient (Wildman–Crippen LogP) is 4.23. The lowest BCUT2D eigenvalue weighted by molar-refractivity contribution is -0.116. The average Bonchev–Trinajstić information content (AvgIpc) is 2.72. The molecular formula is C22H25N3O3S. The lowest BCUT2D eigenvalue weighted by atomic mass is 9.76. The van der Waals surface area contributed by atoms with E-state index < -0.39 is 5.92 Å². The van der Waals surface area contributed by atoms with Gasteiger partial charge in [0.25, 0.3) is 5.56 Å². The summed E-state index contributed by atoms with van der Waals surface area (Å²) in [6, 6.07) is 7.58. The number of ketones is 1. The van der Waals surface area contributed by atoms with Gasteiger partial charge in [-0.2, -0.15) is 0 Å². The fourth-order valence-electron chi connectivity index (χ4n) is 3.92. The van der Waals surface area contributed by atoms with E-state index in [0.29, 0.717) is 39.5 Å². The lowest BCUT2D eigenvalue weighted by Gasteiger charge is -2.33. The summed E-state index contributed by atoms with van der Waals surface area (Å²) < 4.78 is 5.38. The summed E-state index contributed by atoms with van der Waals surface area (Å²) in [4.78, 5) is 33.7. The van der Waals surface area contributed by atoms with Gasteiger partial charge in [0.1, 0.15) is 11.6 Å². The van der Waals surface area contributed by atoms with Crippen LogP contribution in [0.5, 0.6) is 5.75 Å². The number of hydrogen-bond acceptors (Lipinski definition) is 6. The zero-order chi connectivity index (χ0) is 20.5. The predicted molar refractivity (Wildman–Crippen MR) is 115 cm³/mol. The minimum Gasteiger partial charge on any atom is -0.497 e. The molecule has 0 bridgehead atoms. The van der Waals surface area contributed by atoms with Crippen molar-refractivity contribution in [3.63, 3.8) is 0 Å². The fourth-order valence-corrected chi connectivity index (χ4v) is 4.77. The molecular weight excluding hydrogens is 386 g/mol. The van der Waals surface area contributed by atoms with Crippen molar-refractivity contribution in [1.82, 2.24) is 9.97 Å². The van der Waals surface area contributed by atoms with Crippen LogP contribution < -0.4 is 15.6 Å². The first kappa shape index (κ1) is 19.8. The van der Waals surface area contributed by atoms with Crippen LogP contribution in [-0.4, -0.2) is 28.1 Å². The van der Waals surface area contributed by atoms with Gasteiger partial charge in [-0.1, -0.05) is 37.7 Å². The Labute approximate surface area is 174 Å². The van der Waals surface area contributed by atoms with Crippen LogP contribution in [0.2, 0.25) is 0 Å². The second kappa shape index (κ2) is 8.06. The molecule has 4 rings (SSSR count). The molecule has 2 N–H and O–H groups in total. The molecule has 0 radical (unpaired) electrons. The number of rotatable bonds is 5. The van der Waals surface area contributed by atoms with Crippen LogP contribution in [0.3, 0.4) is 0 Å². The van der Waals surface area contributed by atoms with Gasteiger partial charge in [-0.05, 0) is 37.0 Å². The quantitative estimate of drug-likeness (QED) is 0.566. The third-order valence-corrected chi connectivity index (χ3v) is 6.70. The van der Waals surface area contributed by atoms with Crippen molar-refractivity contribution < 1.29 is 9.53 Å². The Kier molecular flexibility index (Phi) is 5.50. The number of Topliss-reactive ketones (excluding diaryl/α,β-unsaturated/α-hetero) is 1. The molecule has 1 aromatic heterocycles. The summed E-state index contributed by atoms with van der Waals surface area (Å²) in [7, 11) is 1.61. The molecule has 0 saturated heterocycles. The van der Waals surface area contributed by atoms with Crippen LogP contribution >= 0.6 is 11.8 Å². The van der Waals surface area contributed by atoms with E-state index in [-0.39, 0.29) is 11.3 Å². The Morgan fingerprint density at radius 2 is 2.14 bits per heavy atom. The minimum absolute atomic E-state index is 0.0923. The molecule has 2 unspecified atom stereocenters. The highest BCUT2D eigenvalue weighted by atomic mass is 32.2. The first-order chi connectivity index (χ1) is 14.0. The number of methoxy groups -OCH3 is 1. The van der Waals surface area contributed by atoms with Gasteiger partial charge < -0.3 is 15.0 Å². The number of H-pyrrole nitrogens is 1. The number of hydrogen-bond donors (Lipinski definition) is 2. The Bertz CT molecular complexity index is 1040. The molecule has 2 atom stereocenters. The topological polar surface area (TPSA) is 84.1 Å². The standard InChI is InChI=1S/C22H25N3O3S/c1-4-12(2)29-22-24-20-19(21(27)25-22)17(13-7-5-8-14(11-13)28-3)18-15(23-20)9-6-10-16(18)26/h5,7-8,11-12,17H,4,6,9-10H2,1-3H3,(H2,23,24,25,27). The maximum atomic E-state index is 13.2. The van der Waals surface area contributed by atoms with Crippen LogP contribution in [-0.2, 0) is 4.79 Å². The first-order valence-corrected chi connectivity index (χ1v) is 10.9. The molecule has 0 spiro atoms. The number of ether oxygens (including phenoxy) is 1. The van der Waals surface area contributed by atoms with E-state index in [1.165, 1.54) is 0 Å². The van der Waals surface area contributed by atoms with Crippen molar-refractivity contribution in [2.24, 2.45) is 0 Å². The third kappa shape index (κ3) is 3.71. The van der Waals surface area contributed by atoms with E-state index in [0.717, 1.165) is 30.5 Å². The number of carbonyl (C=O) groups is 1. The second-order valence-corrected chi connectivity index (χ2v) is 8.90. The second-order valence-electron chi connectivity index (χ2n) is 7.47. The number of allylic oxidation sites excluding steroid dienone is 2. The molecule has 2 aromatic rings. The molecule has 1 aromatic carbocycles. The third-order valence-electron chi connectivity index (χ3n) is 5.55. The number of carbonyl (C=O) groups excluding carboxylic acids is 1. The monoisotopic (exact) mass is 411 g/mol. The highest BCUT2D eigenvalue weighted by Crippen LogP contribution is 2.44. The van der Waals surface area contributed by atoms with Gasteiger partial charge >= 0.3 is 0 Å². The lowest BCUT2D eigenvalue weighted by Crippen LogP contribution is -2.32. The van der Waals surface area contributed by atoms with Crippen molar-refractivity contribution in [1.29, 1.82) is 0 Å². The van der Waals surface area contributed by atoms with Crippen LogP contribution in [0.15, 0.2) is 45.5 Å². The number of nitrogens with zero attached hydrogens (tertiary/aromatic N) is 1. The van der Waals surface area contributed by atoms with Gasteiger partial charge in [-0.25, -0.2) is 4.98 Å². The number of benzene rings is 1. The van der Waals surface area contributed by atoms with Crippen molar-refractivity contribution in [2.45, 2.75) is 55.9 Å². The molecule has 6 nitrogen and oxygen atoms in total. The number of fused-ring (bicyclic) bond motifs is 1. The van der Waals surface area contributed by atoms with E-state index in [1.54, 1.807) is 18.9 Å². The Morgan fingerprint density at radius 3 is 2.90 bits per heavy atom. The maximum Gasteiger partial charge on any atom is 0.257 e. The molecule has 29 heavy (non-hydrogen) atoms. The van der Waals surface area contributed by atoms with Gasteiger partial charge in [-0.3, -0.25) is 9.59 Å². The molecule has 1 aliphatic carbocycles. The van der Waals surface area contributed by atoms with Crippen molar-refractivity contribution >= 4 is 23.4 Å². The molecule has 2 heterocycles. The molecule has 0 fully saturated rings. The normalized spacial score (nSPS) is 19.3. The number of anilines is 1. The van der Waals surface area contributed by atoms with E-state index in [4.69, 9.17) is 9.72 Å². The first-order valence-electron chi connectivity index (χ1n) is 9.99. The number of aromatic amines is 1. The zero-order valence-corrected chi connectivity index (χ0v) is 17.7. The highest BCUT2D eigenvalue weighted by molar-refractivity contribution is 7.99. The van der Waals surface area contributed by atoms with Crippen molar-refractivity contribution in [3.8, 4) is 5.75 Å². The van der Waals surface area contributed by atoms with E-state index in [2.05, 4.69) is 24.1 Å². The van der Waals surface area contributed by atoms with Gasteiger partial charge in [0.15, 0.2) is 10.9 Å². The van der Waals surface area contributed by atoms with Gasteiger partial charge in [0, 0.05) is 28.9 Å². The number of thioether (sulfide) groups is 1. The summed E-state index contributed by atoms with van der Waals surface area (Å²) in [5, 5.41) is 4.26. The van der Waals surface area contributed by atoms with Crippen LogP contribution in [0.25, 0.3) is 0 Å². The van der Waals surface area contributed by atoms with Gasteiger partial charge in [0.05, 0.1) is 12.7 Å².